The van der Waals surface area contributed by atoms with Crippen molar-refractivity contribution in [3.63, 3.8) is 0 Å². The summed E-state index contributed by atoms with van der Waals surface area (Å²) in [5, 5.41) is 1.96. The zero-order valence-corrected chi connectivity index (χ0v) is 22.5. The first-order chi connectivity index (χ1) is 18.8. The third-order valence-electron chi connectivity index (χ3n) is 6.68. The molecule has 2 heterocycles. The van der Waals surface area contributed by atoms with Gasteiger partial charge in [0.1, 0.15) is 18.1 Å². The van der Waals surface area contributed by atoms with Gasteiger partial charge >= 0.3 is 0 Å². The van der Waals surface area contributed by atoms with Gasteiger partial charge in [-0.2, -0.15) is 0 Å². The van der Waals surface area contributed by atoms with Crippen molar-refractivity contribution in [2.45, 2.75) is 19.6 Å². The lowest BCUT2D eigenvalue weighted by atomic mass is 10.1. The molecule has 0 saturated carbocycles. The maximum Gasteiger partial charge on any atom is 0.231 e. The van der Waals surface area contributed by atoms with E-state index >= 15 is 0 Å². The minimum Gasteiger partial charge on any atom is -0.493 e. The van der Waals surface area contributed by atoms with Crippen LogP contribution in [0.5, 0.6) is 23.0 Å². The maximum absolute atomic E-state index is 6.12. The Bertz CT molecular complexity index is 1530. The lowest BCUT2D eigenvalue weighted by Crippen LogP contribution is -2.04. The first-order valence-corrected chi connectivity index (χ1v) is 13.9. The van der Waals surface area contributed by atoms with Gasteiger partial charge in [-0.3, -0.25) is 0 Å². The Balaban J connectivity index is 1.29. The molecule has 0 fully saturated rings. The van der Waals surface area contributed by atoms with Gasteiger partial charge in [0.05, 0.1) is 6.61 Å². The highest BCUT2D eigenvalue weighted by atomic mass is 79.9. The largest absolute Gasteiger partial charge is 0.493 e. The van der Waals surface area contributed by atoms with Gasteiger partial charge in [-0.15, -0.1) is 0 Å². The highest BCUT2D eigenvalue weighted by molar-refractivity contribution is 9.09. The average molecular weight is 570 g/mol. The highest BCUT2D eigenvalue weighted by Crippen LogP contribution is 2.38. The van der Waals surface area contributed by atoms with Crippen molar-refractivity contribution in [1.29, 1.82) is 0 Å². The van der Waals surface area contributed by atoms with Crippen LogP contribution in [0.25, 0.3) is 22.2 Å². The molecule has 0 radical (unpaired) electrons. The topological polar surface area (TPSA) is 41.9 Å². The fraction of sp³-hybridized carbons (Fsp3) is 0.188. The molecule has 0 amide bonds. The van der Waals surface area contributed by atoms with Crippen LogP contribution in [0.2, 0.25) is 0 Å². The van der Waals surface area contributed by atoms with Crippen molar-refractivity contribution in [2.75, 3.05) is 18.7 Å². The van der Waals surface area contributed by atoms with E-state index in [9.17, 15) is 0 Å². The van der Waals surface area contributed by atoms with E-state index in [-0.39, 0.29) is 6.79 Å². The van der Waals surface area contributed by atoms with Gasteiger partial charge in [0, 0.05) is 34.0 Å². The van der Waals surface area contributed by atoms with Gasteiger partial charge in [0.25, 0.3) is 0 Å². The Labute approximate surface area is 230 Å². The molecule has 0 spiro atoms. The quantitative estimate of drug-likeness (QED) is 0.162. The van der Waals surface area contributed by atoms with Crippen LogP contribution in [0, 0.1) is 0 Å². The summed E-state index contributed by atoms with van der Waals surface area (Å²) in [6.45, 7) is 2.29. The molecule has 0 bridgehead atoms. The lowest BCUT2D eigenvalue weighted by molar-refractivity contribution is 0.174. The van der Waals surface area contributed by atoms with Crippen LogP contribution in [0.15, 0.2) is 97.1 Å². The summed E-state index contributed by atoms with van der Waals surface area (Å²) in [6, 6.07) is 33.3. The second kappa shape index (κ2) is 11.2. The monoisotopic (exact) mass is 569 g/mol. The number of hydrogen-bond donors (Lipinski definition) is 0. The van der Waals surface area contributed by atoms with E-state index < -0.39 is 0 Å². The summed E-state index contributed by atoms with van der Waals surface area (Å²) < 4.78 is 25.4. The van der Waals surface area contributed by atoms with Crippen molar-refractivity contribution in [1.82, 2.24) is 4.57 Å². The SMILES string of the molecule is BrCCOc1ccc(CCn2c(-c3ccc4c(c3)OCO4)cc3cc(OCc4ccccc4)ccc32)cc1. The fourth-order valence-electron chi connectivity index (χ4n) is 4.77. The number of benzene rings is 4. The number of aromatic nitrogens is 1. The van der Waals surface area contributed by atoms with Crippen LogP contribution in [-0.4, -0.2) is 23.3 Å². The smallest absolute Gasteiger partial charge is 0.231 e. The van der Waals surface area contributed by atoms with E-state index in [1.165, 1.54) is 11.1 Å². The molecule has 1 aromatic heterocycles. The van der Waals surface area contributed by atoms with Crippen LogP contribution >= 0.6 is 15.9 Å². The van der Waals surface area contributed by atoms with Gasteiger partial charge < -0.3 is 23.5 Å². The van der Waals surface area contributed by atoms with Crippen LogP contribution in [0.3, 0.4) is 0 Å². The molecule has 0 atom stereocenters. The summed E-state index contributed by atoms with van der Waals surface area (Å²) >= 11 is 3.40. The summed E-state index contributed by atoms with van der Waals surface area (Å²) in [4.78, 5) is 0. The zero-order chi connectivity index (χ0) is 25.7. The molecule has 1 aliphatic heterocycles. The molecule has 0 saturated heterocycles. The first-order valence-electron chi connectivity index (χ1n) is 12.7. The fourth-order valence-corrected chi connectivity index (χ4v) is 4.93. The van der Waals surface area contributed by atoms with Crippen molar-refractivity contribution < 1.29 is 18.9 Å². The maximum atomic E-state index is 6.12. The van der Waals surface area contributed by atoms with Crippen LogP contribution in [0.1, 0.15) is 11.1 Å². The molecule has 6 heteroatoms. The number of aryl methyl sites for hydroxylation is 2. The van der Waals surface area contributed by atoms with Crippen LogP contribution < -0.4 is 18.9 Å². The van der Waals surface area contributed by atoms with Crippen LogP contribution in [-0.2, 0) is 19.6 Å². The second-order valence-electron chi connectivity index (χ2n) is 9.18. The van der Waals surface area contributed by atoms with Gasteiger partial charge in [-0.1, -0.05) is 58.4 Å². The predicted octanol–water partition coefficient (Wildman–Crippen LogP) is 7.63. The predicted molar refractivity (Wildman–Crippen MR) is 154 cm³/mol. The standard InChI is InChI=1S/C32H28BrNO4/c33-15-17-35-27-9-6-23(7-10-27)14-16-34-29-12-11-28(36-21-24-4-2-1-3-5-24)18-26(29)19-30(34)25-8-13-31-32(20-25)38-22-37-31/h1-13,18-20H,14-17,21-22H2. The zero-order valence-electron chi connectivity index (χ0n) is 20.9. The molecule has 192 valence electrons. The number of nitrogens with zero attached hydrogens (tertiary/aromatic N) is 1. The molecule has 0 N–H and O–H groups in total. The molecular formula is C32H28BrNO4. The molecule has 38 heavy (non-hydrogen) atoms. The number of hydrogen-bond acceptors (Lipinski definition) is 4. The number of rotatable bonds is 10. The third-order valence-corrected chi connectivity index (χ3v) is 7.01. The van der Waals surface area contributed by atoms with Crippen molar-refractivity contribution in [3.05, 3.63) is 108 Å². The highest BCUT2D eigenvalue weighted by Gasteiger charge is 2.17. The van der Waals surface area contributed by atoms with Gasteiger partial charge in [0.15, 0.2) is 11.5 Å². The van der Waals surface area contributed by atoms with E-state index in [1.807, 2.05) is 36.4 Å². The molecule has 0 unspecified atom stereocenters. The normalized spacial score (nSPS) is 12.1. The van der Waals surface area contributed by atoms with Crippen molar-refractivity contribution in [3.8, 4) is 34.3 Å². The minimum atomic E-state index is 0.263. The Morgan fingerprint density at radius 3 is 2.39 bits per heavy atom. The molecule has 5 nitrogen and oxygen atoms in total. The Morgan fingerprint density at radius 2 is 1.55 bits per heavy atom. The summed E-state index contributed by atoms with van der Waals surface area (Å²) in [7, 11) is 0. The molecule has 6 rings (SSSR count). The Morgan fingerprint density at radius 1 is 0.737 bits per heavy atom. The summed E-state index contributed by atoms with van der Waals surface area (Å²) in [5.74, 6) is 3.32. The Kier molecular flexibility index (Phi) is 7.22. The number of fused-ring (bicyclic) bond motifs is 2. The van der Waals surface area contributed by atoms with Gasteiger partial charge in [-0.05, 0) is 72.1 Å². The van der Waals surface area contributed by atoms with Crippen molar-refractivity contribution >= 4 is 26.8 Å². The number of ether oxygens (including phenoxy) is 4. The van der Waals surface area contributed by atoms with E-state index in [1.54, 1.807) is 0 Å². The van der Waals surface area contributed by atoms with Crippen LogP contribution in [0.4, 0.5) is 0 Å². The lowest BCUT2D eigenvalue weighted by Gasteiger charge is -2.13. The minimum absolute atomic E-state index is 0.263. The summed E-state index contributed by atoms with van der Waals surface area (Å²) in [5.41, 5.74) is 5.81. The molecule has 0 aliphatic carbocycles. The van der Waals surface area contributed by atoms with Gasteiger partial charge in [0.2, 0.25) is 6.79 Å². The second-order valence-corrected chi connectivity index (χ2v) is 9.97. The molecule has 4 aromatic carbocycles. The van der Waals surface area contributed by atoms with E-state index in [0.717, 1.165) is 63.5 Å². The number of alkyl halides is 1. The van der Waals surface area contributed by atoms with E-state index in [4.69, 9.17) is 18.9 Å². The molecular weight excluding hydrogens is 542 g/mol. The molecule has 1 aliphatic rings. The van der Waals surface area contributed by atoms with Crippen molar-refractivity contribution in [2.24, 2.45) is 0 Å². The average Bonchev–Trinajstić information content (AvgIpc) is 3.58. The molecule has 5 aromatic rings. The first kappa shape index (κ1) is 24.4. The van der Waals surface area contributed by atoms with E-state index in [2.05, 4.69) is 81.2 Å². The Hall–Kier alpha value is -3.90. The summed E-state index contributed by atoms with van der Waals surface area (Å²) in [6.07, 6.45) is 0.895. The number of halogens is 1. The third kappa shape index (κ3) is 5.36. The van der Waals surface area contributed by atoms with E-state index in [0.29, 0.717) is 13.2 Å². The van der Waals surface area contributed by atoms with Gasteiger partial charge in [-0.25, -0.2) is 0 Å².